The molecule has 1 saturated carbocycles. The highest BCUT2D eigenvalue weighted by molar-refractivity contribution is 5.79. The Kier molecular flexibility index (Phi) is 7.17. The van der Waals surface area contributed by atoms with Crippen molar-refractivity contribution in [2.45, 2.75) is 72.4 Å². The maximum Gasteiger partial charge on any atom is 0.408 e. The van der Waals surface area contributed by atoms with Crippen LogP contribution in [0.15, 0.2) is 0 Å². The number of rotatable bonds is 6. The Morgan fingerprint density at radius 2 is 1.86 bits per heavy atom. The minimum atomic E-state index is -1.01. The number of amides is 1. The van der Waals surface area contributed by atoms with Crippen molar-refractivity contribution in [2.75, 3.05) is 0 Å². The van der Waals surface area contributed by atoms with Crippen LogP contribution in [-0.4, -0.2) is 29.3 Å². The number of aliphatic carboxylic acids is 1. The summed E-state index contributed by atoms with van der Waals surface area (Å²) in [6, 6.07) is -0.883. The maximum absolute atomic E-state index is 12.1. The number of hydrogen-bond donors (Lipinski definition) is 2. The molecule has 1 amide bonds. The summed E-state index contributed by atoms with van der Waals surface area (Å²) in [7, 11) is 0. The smallest absolute Gasteiger partial charge is 0.408 e. The first-order chi connectivity index (χ1) is 10.2. The summed E-state index contributed by atoms with van der Waals surface area (Å²) in [4.78, 5) is 23.3. The third kappa shape index (κ3) is 5.85. The van der Waals surface area contributed by atoms with E-state index in [0.29, 0.717) is 24.2 Å². The van der Waals surface area contributed by atoms with E-state index in [9.17, 15) is 14.7 Å². The second-order valence-electron chi connectivity index (χ2n) is 7.43. The number of alkyl carbamates (subject to hydrolysis) is 1. The fourth-order valence-electron chi connectivity index (χ4n) is 3.26. The molecule has 22 heavy (non-hydrogen) atoms. The number of carbonyl (C=O) groups is 2. The average molecular weight is 313 g/mol. The van der Waals surface area contributed by atoms with E-state index >= 15 is 0 Å². The van der Waals surface area contributed by atoms with Gasteiger partial charge in [-0.25, -0.2) is 9.59 Å². The monoisotopic (exact) mass is 313 g/mol. The number of ether oxygens (including phenoxy) is 1. The van der Waals surface area contributed by atoms with E-state index in [1.54, 1.807) is 0 Å². The molecule has 0 radical (unpaired) electrons. The van der Waals surface area contributed by atoms with Gasteiger partial charge in [-0.2, -0.15) is 0 Å². The van der Waals surface area contributed by atoms with Crippen LogP contribution < -0.4 is 5.32 Å². The highest BCUT2D eigenvalue weighted by Crippen LogP contribution is 2.35. The molecule has 0 heterocycles. The Hall–Kier alpha value is -1.26. The van der Waals surface area contributed by atoms with Gasteiger partial charge >= 0.3 is 12.1 Å². The van der Waals surface area contributed by atoms with Crippen LogP contribution in [0.2, 0.25) is 0 Å². The van der Waals surface area contributed by atoms with Crippen molar-refractivity contribution >= 4 is 12.1 Å². The largest absolute Gasteiger partial charge is 0.480 e. The summed E-state index contributed by atoms with van der Waals surface area (Å²) in [5.41, 5.74) is 0. The first-order valence-corrected chi connectivity index (χ1v) is 8.40. The van der Waals surface area contributed by atoms with Gasteiger partial charge in [0.2, 0.25) is 0 Å². The predicted molar refractivity (Wildman–Crippen MR) is 85.6 cm³/mol. The zero-order valence-electron chi connectivity index (χ0n) is 14.5. The Morgan fingerprint density at radius 3 is 2.36 bits per heavy atom. The van der Waals surface area contributed by atoms with Crippen LogP contribution in [0.4, 0.5) is 4.79 Å². The zero-order chi connectivity index (χ0) is 16.9. The number of carboxylic acids is 1. The fraction of sp³-hybridized carbons (Fsp3) is 0.882. The van der Waals surface area contributed by atoms with Gasteiger partial charge < -0.3 is 15.2 Å². The Balaban J connectivity index is 2.62. The van der Waals surface area contributed by atoms with E-state index in [-0.39, 0.29) is 12.0 Å². The lowest BCUT2D eigenvalue weighted by molar-refractivity contribution is -0.139. The molecular formula is C17H31NO4. The molecule has 1 fully saturated rings. The van der Waals surface area contributed by atoms with Crippen LogP contribution >= 0.6 is 0 Å². The van der Waals surface area contributed by atoms with E-state index in [4.69, 9.17) is 4.74 Å². The van der Waals surface area contributed by atoms with Crippen LogP contribution in [0.3, 0.4) is 0 Å². The van der Waals surface area contributed by atoms with Crippen molar-refractivity contribution in [2.24, 2.45) is 23.7 Å². The predicted octanol–water partition coefficient (Wildman–Crippen LogP) is 3.67. The van der Waals surface area contributed by atoms with Gasteiger partial charge in [-0.3, -0.25) is 0 Å². The van der Waals surface area contributed by atoms with Crippen LogP contribution in [0, 0.1) is 23.7 Å². The third-order valence-electron chi connectivity index (χ3n) is 4.52. The van der Waals surface area contributed by atoms with Crippen molar-refractivity contribution in [1.82, 2.24) is 5.32 Å². The molecule has 1 rings (SSSR count). The number of carbonyl (C=O) groups excluding carboxylic acids is 1. The Labute approximate surface area is 133 Å². The minimum absolute atomic E-state index is 0.114. The summed E-state index contributed by atoms with van der Waals surface area (Å²) >= 11 is 0. The summed E-state index contributed by atoms with van der Waals surface area (Å²) in [5.74, 6) is 0.535. The molecule has 5 heteroatoms. The lowest BCUT2D eigenvalue weighted by atomic mass is 9.75. The normalized spacial score (nSPS) is 26.8. The molecule has 128 valence electrons. The molecule has 0 saturated heterocycles. The van der Waals surface area contributed by atoms with Gasteiger partial charge in [0.1, 0.15) is 12.1 Å². The zero-order valence-corrected chi connectivity index (χ0v) is 14.5. The second kappa shape index (κ2) is 8.39. The van der Waals surface area contributed by atoms with Gasteiger partial charge in [0.05, 0.1) is 0 Å². The SMILES string of the molecule is CC(C)CC(NC(=O)O[C@@H]1C[C@H](C)CC[C@H]1C(C)C)C(=O)O. The molecule has 1 aliphatic rings. The molecule has 4 atom stereocenters. The third-order valence-corrected chi connectivity index (χ3v) is 4.52. The first-order valence-electron chi connectivity index (χ1n) is 8.40. The molecule has 2 N–H and O–H groups in total. The van der Waals surface area contributed by atoms with Crippen molar-refractivity contribution in [3.63, 3.8) is 0 Å². The molecule has 1 unspecified atom stereocenters. The van der Waals surface area contributed by atoms with Crippen LogP contribution in [0.5, 0.6) is 0 Å². The number of hydrogen-bond acceptors (Lipinski definition) is 3. The Bertz CT molecular complexity index is 381. The van der Waals surface area contributed by atoms with Crippen molar-refractivity contribution in [3.05, 3.63) is 0 Å². The van der Waals surface area contributed by atoms with Crippen molar-refractivity contribution in [1.29, 1.82) is 0 Å². The Morgan fingerprint density at radius 1 is 1.23 bits per heavy atom. The van der Waals surface area contributed by atoms with Gasteiger partial charge in [-0.05, 0) is 42.9 Å². The summed E-state index contributed by atoms with van der Waals surface area (Å²) in [6.45, 7) is 10.3. The highest BCUT2D eigenvalue weighted by Gasteiger charge is 2.34. The first kappa shape index (κ1) is 18.8. The van der Waals surface area contributed by atoms with Gasteiger partial charge in [0.25, 0.3) is 0 Å². The summed E-state index contributed by atoms with van der Waals surface area (Å²) < 4.78 is 5.58. The molecule has 0 aliphatic heterocycles. The lowest BCUT2D eigenvalue weighted by Gasteiger charge is -2.36. The minimum Gasteiger partial charge on any atom is -0.480 e. The van der Waals surface area contributed by atoms with Crippen LogP contribution in [0.25, 0.3) is 0 Å². The average Bonchev–Trinajstić information content (AvgIpc) is 2.36. The van der Waals surface area contributed by atoms with Crippen LogP contribution in [0.1, 0.15) is 60.3 Å². The van der Waals surface area contributed by atoms with Gasteiger partial charge in [-0.15, -0.1) is 0 Å². The number of nitrogens with one attached hydrogen (secondary N) is 1. The topological polar surface area (TPSA) is 75.6 Å². The molecule has 0 aromatic rings. The van der Waals surface area contributed by atoms with Gasteiger partial charge in [0, 0.05) is 0 Å². The lowest BCUT2D eigenvalue weighted by Crippen LogP contribution is -2.45. The summed E-state index contributed by atoms with van der Waals surface area (Å²) in [6.07, 6.45) is 2.77. The maximum atomic E-state index is 12.1. The second-order valence-corrected chi connectivity index (χ2v) is 7.43. The quantitative estimate of drug-likeness (QED) is 0.784. The molecule has 5 nitrogen and oxygen atoms in total. The fourth-order valence-corrected chi connectivity index (χ4v) is 3.26. The molecule has 0 bridgehead atoms. The highest BCUT2D eigenvalue weighted by atomic mass is 16.6. The van der Waals surface area contributed by atoms with E-state index in [2.05, 4.69) is 26.1 Å². The van der Waals surface area contributed by atoms with Crippen molar-refractivity contribution < 1.29 is 19.4 Å². The van der Waals surface area contributed by atoms with E-state index in [0.717, 1.165) is 19.3 Å². The van der Waals surface area contributed by atoms with E-state index in [1.165, 1.54) is 0 Å². The molecular weight excluding hydrogens is 282 g/mol. The van der Waals surface area contributed by atoms with Gasteiger partial charge in [-0.1, -0.05) is 41.0 Å². The molecule has 0 aromatic carbocycles. The van der Waals surface area contributed by atoms with Crippen molar-refractivity contribution in [3.8, 4) is 0 Å². The van der Waals surface area contributed by atoms with E-state index in [1.807, 2.05) is 13.8 Å². The molecule has 0 spiro atoms. The molecule has 0 aromatic heterocycles. The molecule has 1 aliphatic carbocycles. The standard InChI is InChI=1S/C17H31NO4/c1-10(2)8-14(16(19)20)18-17(21)22-15-9-12(5)6-7-13(15)11(3)4/h10-15H,6-9H2,1-5H3,(H,18,21)(H,19,20)/t12-,13+,14?,15-/m1/s1. The van der Waals surface area contributed by atoms with Crippen LogP contribution in [-0.2, 0) is 9.53 Å². The number of carboxylic acid groups (broad SMARTS) is 1. The van der Waals surface area contributed by atoms with Gasteiger partial charge in [0.15, 0.2) is 0 Å². The summed E-state index contributed by atoms with van der Waals surface area (Å²) in [5, 5.41) is 11.7. The van der Waals surface area contributed by atoms with E-state index < -0.39 is 18.1 Å².